The van der Waals surface area contributed by atoms with E-state index in [1.165, 1.54) is 76.5 Å². The van der Waals surface area contributed by atoms with Crippen LogP contribution in [0.3, 0.4) is 0 Å². The Balaban J connectivity index is 3.23. The summed E-state index contributed by atoms with van der Waals surface area (Å²) in [6, 6.07) is 0.637. The summed E-state index contributed by atoms with van der Waals surface area (Å²) in [5.74, 6) is 1.31. The molecule has 1 atom stereocenters. The molecule has 1 unspecified atom stereocenters. The van der Waals surface area contributed by atoms with Crippen molar-refractivity contribution in [2.45, 2.75) is 105 Å². The summed E-state index contributed by atoms with van der Waals surface area (Å²) in [5.41, 5.74) is 1.18. The standard InChI is InChI=1S/C22H46N2/c1-19(2)22(6)24-18-21(5)16-14-12-10-8-7-9-11-13-15-17-23-20(3)4/h19-21,23-24H,6-18H2,1-5H3. The molecule has 0 saturated heterocycles. The third-order valence-electron chi connectivity index (χ3n) is 4.80. The summed E-state index contributed by atoms with van der Waals surface area (Å²) < 4.78 is 0. The van der Waals surface area contributed by atoms with Gasteiger partial charge in [0, 0.05) is 18.3 Å². The van der Waals surface area contributed by atoms with Crippen LogP contribution in [0.1, 0.15) is 98.8 Å². The first-order valence-electron chi connectivity index (χ1n) is 10.6. The second-order valence-corrected chi connectivity index (χ2v) is 8.25. The highest BCUT2D eigenvalue weighted by atomic mass is 14.9. The van der Waals surface area contributed by atoms with Crippen molar-refractivity contribution in [3.63, 3.8) is 0 Å². The van der Waals surface area contributed by atoms with Gasteiger partial charge in [-0.15, -0.1) is 0 Å². The molecule has 0 aromatic heterocycles. The lowest BCUT2D eigenvalue weighted by atomic mass is 10.0. The van der Waals surface area contributed by atoms with Gasteiger partial charge in [-0.2, -0.15) is 0 Å². The molecule has 0 saturated carbocycles. The normalized spacial score (nSPS) is 12.8. The molecular formula is C22H46N2. The molecule has 0 heterocycles. The molecule has 0 amide bonds. The zero-order valence-corrected chi connectivity index (χ0v) is 17.4. The molecular weight excluding hydrogens is 292 g/mol. The Morgan fingerprint density at radius 1 is 0.750 bits per heavy atom. The van der Waals surface area contributed by atoms with Crippen LogP contribution in [0.4, 0.5) is 0 Å². The van der Waals surface area contributed by atoms with Crippen molar-refractivity contribution < 1.29 is 0 Å². The molecule has 0 rings (SSSR count). The maximum atomic E-state index is 4.08. The molecule has 144 valence electrons. The van der Waals surface area contributed by atoms with Crippen LogP contribution in [0, 0.1) is 11.8 Å². The van der Waals surface area contributed by atoms with Gasteiger partial charge in [0.2, 0.25) is 0 Å². The number of allylic oxidation sites excluding steroid dienone is 1. The zero-order valence-electron chi connectivity index (χ0n) is 17.4. The van der Waals surface area contributed by atoms with Crippen molar-refractivity contribution in [3.05, 3.63) is 12.3 Å². The average Bonchev–Trinajstić information content (AvgIpc) is 2.53. The van der Waals surface area contributed by atoms with Crippen LogP contribution in [0.5, 0.6) is 0 Å². The van der Waals surface area contributed by atoms with Crippen molar-refractivity contribution in [1.29, 1.82) is 0 Å². The van der Waals surface area contributed by atoms with E-state index in [9.17, 15) is 0 Å². The number of rotatable bonds is 17. The average molecular weight is 339 g/mol. The smallest absolute Gasteiger partial charge is 0.0169 e. The van der Waals surface area contributed by atoms with Crippen molar-refractivity contribution in [1.82, 2.24) is 10.6 Å². The minimum Gasteiger partial charge on any atom is -0.388 e. The van der Waals surface area contributed by atoms with Crippen LogP contribution >= 0.6 is 0 Å². The van der Waals surface area contributed by atoms with Crippen LogP contribution in [-0.2, 0) is 0 Å². The van der Waals surface area contributed by atoms with Gasteiger partial charge < -0.3 is 10.6 Å². The first-order valence-corrected chi connectivity index (χ1v) is 10.6. The van der Waals surface area contributed by atoms with Crippen LogP contribution in [0.15, 0.2) is 12.3 Å². The predicted molar refractivity (Wildman–Crippen MR) is 110 cm³/mol. The van der Waals surface area contributed by atoms with Crippen LogP contribution < -0.4 is 10.6 Å². The van der Waals surface area contributed by atoms with Gasteiger partial charge in [-0.05, 0) is 31.2 Å². The Morgan fingerprint density at radius 2 is 1.25 bits per heavy atom. The molecule has 2 heteroatoms. The Hall–Kier alpha value is -0.500. The van der Waals surface area contributed by atoms with E-state index in [2.05, 4.69) is 51.8 Å². The van der Waals surface area contributed by atoms with Gasteiger partial charge in [-0.25, -0.2) is 0 Å². The Bertz CT molecular complexity index is 284. The lowest BCUT2D eigenvalue weighted by Gasteiger charge is -2.17. The van der Waals surface area contributed by atoms with Gasteiger partial charge >= 0.3 is 0 Å². The summed E-state index contributed by atoms with van der Waals surface area (Å²) >= 11 is 0. The molecule has 0 aliphatic rings. The predicted octanol–water partition coefficient (Wildman–Crippen LogP) is 6.28. The van der Waals surface area contributed by atoms with Gasteiger partial charge in [-0.3, -0.25) is 0 Å². The van der Waals surface area contributed by atoms with E-state index in [-0.39, 0.29) is 0 Å². The minimum atomic E-state index is 0.545. The number of nitrogens with one attached hydrogen (secondary N) is 2. The number of hydrogen-bond acceptors (Lipinski definition) is 2. The first-order chi connectivity index (χ1) is 11.4. The van der Waals surface area contributed by atoms with Gasteiger partial charge in [0.15, 0.2) is 0 Å². The van der Waals surface area contributed by atoms with E-state index in [0.717, 1.165) is 12.5 Å². The van der Waals surface area contributed by atoms with Crippen molar-refractivity contribution in [2.75, 3.05) is 13.1 Å². The van der Waals surface area contributed by atoms with E-state index >= 15 is 0 Å². The number of hydrogen-bond donors (Lipinski definition) is 2. The quantitative estimate of drug-likeness (QED) is 0.305. The van der Waals surface area contributed by atoms with Crippen molar-refractivity contribution in [3.8, 4) is 0 Å². The molecule has 0 radical (unpaired) electrons. The zero-order chi connectivity index (χ0) is 18.2. The Morgan fingerprint density at radius 3 is 1.75 bits per heavy atom. The first kappa shape index (κ1) is 23.5. The summed E-state index contributed by atoms with van der Waals surface area (Å²) in [6.07, 6.45) is 14.0. The fourth-order valence-electron chi connectivity index (χ4n) is 2.86. The summed E-state index contributed by atoms with van der Waals surface area (Å²) in [5, 5.41) is 6.97. The molecule has 0 spiro atoms. The lowest BCUT2D eigenvalue weighted by Crippen LogP contribution is -2.23. The fraction of sp³-hybridized carbons (Fsp3) is 0.909. The number of unbranched alkanes of at least 4 members (excludes halogenated alkanes) is 8. The molecule has 2 nitrogen and oxygen atoms in total. The molecule has 0 bridgehead atoms. The highest BCUT2D eigenvalue weighted by Gasteiger charge is 2.04. The van der Waals surface area contributed by atoms with E-state index in [1.54, 1.807) is 0 Å². The topological polar surface area (TPSA) is 24.1 Å². The molecule has 24 heavy (non-hydrogen) atoms. The monoisotopic (exact) mass is 338 g/mol. The highest BCUT2D eigenvalue weighted by Crippen LogP contribution is 2.14. The summed E-state index contributed by atoms with van der Waals surface area (Å²) in [7, 11) is 0. The second-order valence-electron chi connectivity index (χ2n) is 8.25. The molecule has 0 fully saturated rings. The molecule has 0 aliphatic heterocycles. The van der Waals surface area contributed by atoms with Crippen LogP contribution in [-0.4, -0.2) is 19.1 Å². The van der Waals surface area contributed by atoms with Gasteiger partial charge in [0.1, 0.15) is 0 Å². The van der Waals surface area contributed by atoms with E-state index in [0.29, 0.717) is 12.0 Å². The van der Waals surface area contributed by atoms with E-state index in [1.807, 2.05) is 0 Å². The van der Waals surface area contributed by atoms with Gasteiger partial charge in [0.05, 0.1) is 0 Å². The fourth-order valence-corrected chi connectivity index (χ4v) is 2.86. The molecule has 0 aromatic rings. The SMILES string of the molecule is C=C(NCC(C)CCCCCCCCCCCNC(C)C)C(C)C. The lowest BCUT2D eigenvalue weighted by molar-refractivity contribution is 0.456. The summed E-state index contributed by atoms with van der Waals surface area (Å²) in [6.45, 7) is 17.6. The maximum absolute atomic E-state index is 4.08. The van der Waals surface area contributed by atoms with Crippen molar-refractivity contribution in [2.24, 2.45) is 11.8 Å². The molecule has 0 aromatic carbocycles. The maximum Gasteiger partial charge on any atom is 0.0169 e. The largest absolute Gasteiger partial charge is 0.388 e. The summed E-state index contributed by atoms with van der Waals surface area (Å²) in [4.78, 5) is 0. The highest BCUT2D eigenvalue weighted by molar-refractivity contribution is 4.94. The molecule has 2 N–H and O–H groups in total. The van der Waals surface area contributed by atoms with Gasteiger partial charge in [0.25, 0.3) is 0 Å². The molecule has 0 aliphatic carbocycles. The van der Waals surface area contributed by atoms with Crippen LogP contribution in [0.2, 0.25) is 0 Å². The van der Waals surface area contributed by atoms with E-state index in [4.69, 9.17) is 0 Å². The van der Waals surface area contributed by atoms with Crippen molar-refractivity contribution >= 4 is 0 Å². The Kier molecular flexibility index (Phi) is 15.7. The Labute approximate surface area is 153 Å². The van der Waals surface area contributed by atoms with Crippen LogP contribution in [0.25, 0.3) is 0 Å². The third-order valence-corrected chi connectivity index (χ3v) is 4.80. The minimum absolute atomic E-state index is 0.545. The second kappa shape index (κ2) is 16.0. The van der Waals surface area contributed by atoms with E-state index < -0.39 is 0 Å². The van der Waals surface area contributed by atoms with Gasteiger partial charge in [-0.1, -0.05) is 92.6 Å². The third kappa shape index (κ3) is 16.4.